The van der Waals surface area contributed by atoms with Crippen molar-refractivity contribution in [2.75, 3.05) is 44.6 Å². The minimum atomic E-state index is -3.67. The van der Waals surface area contributed by atoms with Gasteiger partial charge < -0.3 is 9.80 Å². The monoisotopic (exact) mass is 507 g/mol. The van der Waals surface area contributed by atoms with Crippen LogP contribution in [0.4, 0.5) is 5.69 Å². The van der Waals surface area contributed by atoms with Crippen molar-refractivity contribution in [3.63, 3.8) is 0 Å². The number of fused-ring (bicyclic) bond motifs is 1. The summed E-state index contributed by atoms with van der Waals surface area (Å²) in [6.45, 7) is 3.20. The number of hydrogen-bond acceptors (Lipinski definition) is 5. The number of hydrogen-bond donors (Lipinski definition) is 0. The molecule has 0 radical (unpaired) electrons. The number of carbonyl (C=O) groups is 1. The van der Waals surface area contributed by atoms with Crippen molar-refractivity contribution in [1.82, 2.24) is 9.80 Å². The van der Waals surface area contributed by atoms with Gasteiger partial charge in [0.05, 0.1) is 15.5 Å². The molecule has 1 aliphatic rings. The molecule has 1 amide bonds. The number of rotatable bonds is 4. The molecule has 0 bridgehead atoms. The molecule has 0 atom stereocenters. The van der Waals surface area contributed by atoms with Crippen LogP contribution in [0.15, 0.2) is 57.9 Å². The normalized spacial score (nSPS) is 15.5. The molecule has 0 spiro atoms. The van der Waals surface area contributed by atoms with Crippen LogP contribution in [0.1, 0.15) is 9.67 Å². The van der Waals surface area contributed by atoms with Crippen LogP contribution < -0.4 is 4.31 Å². The van der Waals surface area contributed by atoms with Gasteiger partial charge in [0.15, 0.2) is 0 Å². The molecule has 0 saturated carbocycles. The largest absolute Gasteiger partial charge is 0.335 e. The van der Waals surface area contributed by atoms with Crippen LogP contribution in [0.2, 0.25) is 0 Å². The van der Waals surface area contributed by atoms with Crippen LogP contribution in [-0.4, -0.2) is 64.4 Å². The molecule has 30 heavy (non-hydrogen) atoms. The zero-order valence-electron chi connectivity index (χ0n) is 16.7. The van der Waals surface area contributed by atoms with E-state index in [-0.39, 0.29) is 10.8 Å². The van der Waals surface area contributed by atoms with E-state index >= 15 is 0 Å². The minimum absolute atomic E-state index is 0.0432. The highest BCUT2D eigenvalue weighted by Gasteiger charge is 2.24. The number of piperazine rings is 1. The molecule has 1 aromatic heterocycles. The van der Waals surface area contributed by atoms with Crippen LogP contribution >= 0.6 is 27.3 Å². The molecule has 9 heteroatoms. The van der Waals surface area contributed by atoms with Crippen molar-refractivity contribution in [3.8, 4) is 0 Å². The molecule has 6 nitrogen and oxygen atoms in total. The van der Waals surface area contributed by atoms with Crippen LogP contribution in [0, 0.1) is 0 Å². The number of amides is 1. The average molecular weight is 508 g/mol. The van der Waals surface area contributed by atoms with Gasteiger partial charge in [0.2, 0.25) is 0 Å². The first-order chi connectivity index (χ1) is 14.3. The zero-order valence-corrected chi connectivity index (χ0v) is 19.9. The molecule has 1 aliphatic heterocycles. The van der Waals surface area contributed by atoms with E-state index in [1.807, 2.05) is 23.1 Å². The molecule has 2 aromatic carbocycles. The number of thiophene rings is 1. The van der Waals surface area contributed by atoms with E-state index in [1.165, 1.54) is 15.6 Å². The standard InChI is InChI=1S/C21H22BrN3O3S2/c1-23-9-11-25(12-10-23)21(26)20-14-15-13-17(5-8-19(15)29-20)24(2)30(27,28)18-6-3-16(22)4-7-18/h3-8,13-14H,9-12H2,1-2H3. The van der Waals surface area contributed by atoms with E-state index in [0.717, 1.165) is 40.7 Å². The second kappa shape index (κ2) is 8.30. The van der Waals surface area contributed by atoms with Crippen molar-refractivity contribution >= 4 is 59.0 Å². The summed E-state index contributed by atoms with van der Waals surface area (Å²) in [7, 11) is -0.0732. The predicted octanol–water partition coefficient (Wildman–Crippen LogP) is 3.88. The van der Waals surface area contributed by atoms with Crippen LogP contribution in [-0.2, 0) is 10.0 Å². The van der Waals surface area contributed by atoms with Gasteiger partial charge in [-0.1, -0.05) is 15.9 Å². The predicted molar refractivity (Wildman–Crippen MR) is 125 cm³/mol. The lowest BCUT2D eigenvalue weighted by atomic mass is 10.2. The Morgan fingerprint density at radius 1 is 1.03 bits per heavy atom. The molecular formula is C21H22BrN3O3S2. The first-order valence-corrected chi connectivity index (χ1v) is 12.6. The number of benzene rings is 2. The number of carbonyl (C=O) groups excluding carboxylic acids is 1. The SMILES string of the molecule is CN1CCN(C(=O)c2cc3cc(N(C)S(=O)(=O)c4ccc(Br)cc4)ccc3s2)CC1. The van der Waals surface area contributed by atoms with Crippen molar-refractivity contribution < 1.29 is 13.2 Å². The van der Waals surface area contributed by atoms with Crippen molar-refractivity contribution in [1.29, 1.82) is 0 Å². The van der Waals surface area contributed by atoms with Crippen molar-refractivity contribution in [2.24, 2.45) is 0 Å². The second-order valence-electron chi connectivity index (χ2n) is 7.35. The van der Waals surface area contributed by atoms with E-state index in [1.54, 1.807) is 37.4 Å². The molecule has 0 N–H and O–H groups in total. The Balaban J connectivity index is 1.60. The fraction of sp³-hybridized carbons (Fsp3) is 0.286. The Morgan fingerprint density at radius 3 is 2.37 bits per heavy atom. The third-order valence-electron chi connectivity index (χ3n) is 5.34. The highest BCUT2D eigenvalue weighted by Crippen LogP contribution is 2.32. The Morgan fingerprint density at radius 2 is 1.70 bits per heavy atom. The Kier molecular flexibility index (Phi) is 5.89. The number of nitrogens with zero attached hydrogens (tertiary/aromatic N) is 3. The maximum absolute atomic E-state index is 13.0. The second-order valence-corrected chi connectivity index (χ2v) is 11.3. The molecule has 4 rings (SSSR count). The third-order valence-corrected chi connectivity index (χ3v) is 8.77. The smallest absolute Gasteiger partial charge is 0.264 e. The molecule has 1 fully saturated rings. The van der Waals surface area contributed by atoms with Gasteiger partial charge in [-0.15, -0.1) is 11.3 Å². The van der Waals surface area contributed by atoms with Gasteiger partial charge in [-0.3, -0.25) is 9.10 Å². The number of likely N-dealkylation sites (N-methyl/N-ethyl adjacent to an activating group) is 1. The van der Waals surface area contributed by atoms with Gasteiger partial charge in [-0.05, 0) is 61.0 Å². The first kappa shape index (κ1) is 21.3. The minimum Gasteiger partial charge on any atom is -0.335 e. The van der Waals surface area contributed by atoms with Gasteiger partial charge >= 0.3 is 0 Å². The fourth-order valence-corrected chi connectivity index (χ4v) is 5.86. The molecule has 2 heterocycles. The van der Waals surface area contributed by atoms with Crippen LogP contribution in [0.25, 0.3) is 10.1 Å². The highest BCUT2D eigenvalue weighted by molar-refractivity contribution is 9.10. The van der Waals surface area contributed by atoms with E-state index in [2.05, 4.69) is 27.9 Å². The van der Waals surface area contributed by atoms with Crippen molar-refractivity contribution in [3.05, 3.63) is 57.9 Å². The summed E-state index contributed by atoms with van der Waals surface area (Å²) in [5, 5.41) is 0.868. The number of anilines is 1. The molecular weight excluding hydrogens is 486 g/mol. The van der Waals surface area contributed by atoms with Gasteiger partial charge in [0.25, 0.3) is 15.9 Å². The summed E-state index contributed by atoms with van der Waals surface area (Å²) < 4.78 is 29.0. The lowest BCUT2D eigenvalue weighted by molar-refractivity contribution is 0.0669. The third kappa shape index (κ3) is 4.12. The van der Waals surface area contributed by atoms with Gasteiger partial charge in [0, 0.05) is 42.4 Å². The fourth-order valence-electron chi connectivity index (χ4n) is 3.40. The quantitative estimate of drug-likeness (QED) is 0.537. The maximum Gasteiger partial charge on any atom is 0.264 e. The zero-order chi connectivity index (χ0) is 21.5. The number of sulfonamides is 1. The number of halogens is 1. The topological polar surface area (TPSA) is 60.9 Å². The summed E-state index contributed by atoms with van der Waals surface area (Å²) in [5.41, 5.74) is 0.557. The van der Waals surface area contributed by atoms with Crippen LogP contribution in [0.3, 0.4) is 0 Å². The van der Waals surface area contributed by atoms with E-state index in [4.69, 9.17) is 0 Å². The summed E-state index contributed by atoms with van der Waals surface area (Å²) in [5.74, 6) is 0.0432. The lowest BCUT2D eigenvalue weighted by Crippen LogP contribution is -2.46. The van der Waals surface area contributed by atoms with E-state index in [9.17, 15) is 13.2 Å². The summed E-state index contributed by atoms with van der Waals surface area (Å²) in [4.78, 5) is 17.9. The van der Waals surface area contributed by atoms with E-state index in [0.29, 0.717) is 10.6 Å². The molecule has 0 aliphatic carbocycles. The summed E-state index contributed by atoms with van der Waals surface area (Å²) in [6, 6.07) is 13.9. The lowest BCUT2D eigenvalue weighted by Gasteiger charge is -2.32. The summed E-state index contributed by atoms with van der Waals surface area (Å²) in [6.07, 6.45) is 0. The highest BCUT2D eigenvalue weighted by atomic mass is 79.9. The molecule has 0 unspecified atom stereocenters. The Hall–Kier alpha value is -1.94. The average Bonchev–Trinajstić information content (AvgIpc) is 3.17. The van der Waals surface area contributed by atoms with Gasteiger partial charge in [0.1, 0.15) is 0 Å². The van der Waals surface area contributed by atoms with Crippen LogP contribution in [0.5, 0.6) is 0 Å². The molecule has 1 saturated heterocycles. The van der Waals surface area contributed by atoms with Crippen molar-refractivity contribution in [2.45, 2.75) is 4.90 Å². The summed E-state index contributed by atoms with van der Waals surface area (Å²) >= 11 is 4.77. The molecule has 3 aromatic rings. The molecule has 158 valence electrons. The van der Waals surface area contributed by atoms with Gasteiger partial charge in [-0.25, -0.2) is 8.42 Å². The van der Waals surface area contributed by atoms with E-state index < -0.39 is 10.0 Å². The Labute approximate surface area is 188 Å². The maximum atomic E-state index is 13.0. The van der Waals surface area contributed by atoms with Gasteiger partial charge in [-0.2, -0.15) is 0 Å². The first-order valence-electron chi connectivity index (χ1n) is 9.51. The Bertz CT molecular complexity index is 1180.